The molecule has 0 fully saturated rings. The Labute approximate surface area is 92.9 Å². The Morgan fingerprint density at radius 2 is 1.88 bits per heavy atom. The van der Waals surface area contributed by atoms with E-state index in [1.54, 1.807) is 20.8 Å². The van der Waals surface area contributed by atoms with Crippen molar-refractivity contribution < 1.29 is 18.4 Å². The van der Waals surface area contributed by atoms with Crippen LogP contribution in [0.15, 0.2) is 5.16 Å². The molecule has 0 aliphatic rings. The highest BCUT2D eigenvalue weighted by Crippen LogP contribution is 2.18. The van der Waals surface area contributed by atoms with Gasteiger partial charge in [-0.15, -0.1) is 0 Å². The molecule has 1 atom stereocenters. The highest BCUT2D eigenvalue weighted by molar-refractivity contribution is 5.82. The van der Waals surface area contributed by atoms with E-state index >= 15 is 0 Å². The molecular weight excluding hydrogens is 223 g/mol. The van der Waals surface area contributed by atoms with Crippen molar-refractivity contribution in [3.05, 3.63) is 0 Å². The molecule has 1 unspecified atom stereocenters. The van der Waals surface area contributed by atoms with Crippen LogP contribution in [0.5, 0.6) is 0 Å². The molecule has 0 aliphatic heterocycles. The molecular formula is C9H18F3N3O. The molecule has 96 valence electrons. The molecule has 7 heteroatoms. The average Bonchev–Trinajstić information content (AvgIpc) is 2.13. The van der Waals surface area contributed by atoms with E-state index in [-0.39, 0.29) is 18.4 Å². The fourth-order valence-corrected chi connectivity index (χ4v) is 1.23. The third kappa shape index (κ3) is 5.79. The number of nitrogens with zero attached hydrogens (tertiary/aromatic N) is 2. The van der Waals surface area contributed by atoms with Gasteiger partial charge in [0.1, 0.15) is 5.84 Å². The largest absolute Gasteiger partial charge is 0.409 e. The minimum absolute atomic E-state index is 0.0622. The molecule has 0 bridgehead atoms. The van der Waals surface area contributed by atoms with E-state index in [9.17, 15) is 13.2 Å². The Kier molecular flexibility index (Phi) is 5.57. The molecule has 0 aromatic carbocycles. The molecule has 3 N–H and O–H groups in total. The summed E-state index contributed by atoms with van der Waals surface area (Å²) in [6.45, 7) is 4.07. The number of alkyl halides is 3. The van der Waals surface area contributed by atoms with Gasteiger partial charge in [-0.05, 0) is 13.8 Å². The second kappa shape index (κ2) is 5.93. The summed E-state index contributed by atoms with van der Waals surface area (Å²) in [7, 11) is 0. The Bertz CT molecular complexity index is 241. The number of hydrogen-bond acceptors (Lipinski definition) is 3. The smallest absolute Gasteiger partial charge is 0.401 e. The predicted molar refractivity (Wildman–Crippen MR) is 55.3 cm³/mol. The van der Waals surface area contributed by atoms with Gasteiger partial charge in [-0.3, -0.25) is 4.90 Å². The van der Waals surface area contributed by atoms with Gasteiger partial charge in [-0.1, -0.05) is 12.1 Å². The zero-order valence-corrected chi connectivity index (χ0v) is 9.62. The molecule has 4 nitrogen and oxygen atoms in total. The van der Waals surface area contributed by atoms with Crippen LogP contribution < -0.4 is 5.73 Å². The second-order valence-corrected chi connectivity index (χ2v) is 4.06. The van der Waals surface area contributed by atoms with Crippen molar-refractivity contribution >= 4 is 5.84 Å². The van der Waals surface area contributed by atoms with Crippen molar-refractivity contribution in [3.8, 4) is 0 Å². The molecule has 0 saturated carbocycles. The van der Waals surface area contributed by atoms with E-state index in [1.807, 2.05) is 0 Å². The first-order valence-corrected chi connectivity index (χ1v) is 4.95. The van der Waals surface area contributed by atoms with Gasteiger partial charge in [0.2, 0.25) is 0 Å². The monoisotopic (exact) mass is 241 g/mol. The molecule has 0 amide bonds. The summed E-state index contributed by atoms with van der Waals surface area (Å²) in [6, 6.07) is -0.254. The van der Waals surface area contributed by atoms with E-state index in [4.69, 9.17) is 10.9 Å². The Morgan fingerprint density at radius 1 is 1.38 bits per heavy atom. The lowest BCUT2D eigenvalue weighted by Crippen LogP contribution is -2.43. The Balaban J connectivity index is 4.46. The summed E-state index contributed by atoms with van der Waals surface area (Å²) < 4.78 is 36.7. The van der Waals surface area contributed by atoms with Crippen LogP contribution in [-0.4, -0.2) is 41.3 Å². The summed E-state index contributed by atoms with van der Waals surface area (Å²) in [5, 5.41) is 11.2. The summed E-state index contributed by atoms with van der Waals surface area (Å²) in [6.07, 6.45) is -4.24. The first-order chi connectivity index (χ1) is 7.17. The van der Waals surface area contributed by atoms with Crippen LogP contribution in [0.4, 0.5) is 13.2 Å². The van der Waals surface area contributed by atoms with E-state index < -0.39 is 18.6 Å². The Morgan fingerprint density at radius 3 is 2.19 bits per heavy atom. The number of nitrogens with two attached hydrogens (primary N) is 1. The topological polar surface area (TPSA) is 61.8 Å². The van der Waals surface area contributed by atoms with Crippen LogP contribution in [-0.2, 0) is 0 Å². The molecule has 16 heavy (non-hydrogen) atoms. The van der Waals surface area contributed by atoms with Gasteiger partial charge in [0.25, 0.3) is 0 Å². The van der Waals surface area contributed by atoms with Crippen LogP contribution >= 0.6 is 0 Å². The van der Waals surface area contributed by atoms with Crippen LogP contribution in [0.25, 0.3) is 0 Å². The first kappa shape index (κ1) is 15.0. The molecule has 0 radical (unpaired) electrons. The Hall–Kier alpha value is -0.980. The van der Waals surface area contributed by atoms with Crippen molar-refractivity contribution in [1.29, 1.82) is 0 Å². The zero-order chi connectivity index (χ0) is 12.9. The van der Waals surface area contributed by atoms with Gasteiger partial charge in [0.15, 0.2) is 0 Å². The number of halogens is 3. The van der Waals surface area contributed by atoms with Crippen molar-refractivity contribution in [1.82, 2.24) is 4.90 Å². The maximum atomic E-state index is 12.2. The number of rotatable bonds is 5. The van der Waals surface area contributed by atoms with E-state index in [1.165, 1.54) is 4.90 Å². The molecule has 0 saturated heterocycles. The summed E-state index contributed by atoms with van der Waals surface area (Å²) in [4.78, 5) is 1.24. The van der Waals surface area contributed by atoms with Crippen LogP contribution in [0.1, 0.15) is 20.8 Å². The van der Waals surface area contributed by atoms with Crippen molar-refractivity contribution in [2.45, 2.75) is 33.0 Å². The minimum atomic E-state index is -4.24. The molecule has 0 aliphatic carbocycles. The van der Waals surface area contributed by atoms with Crippen molar-refractivity contribution in [3.63, 3.8) is 0 Å². The van der Waals surface area contributed by atoms with E-state index in [0.29, 0.717) is 0 Å². The number of oxime groups is 1. The summed E-state index contributed by atoms with van der Waals surface area (Å²) >= 11 is 0. The molecule has 0 aromatic rings. The molecule has 0 rings (SSSR count). The fourth-order valence-electron chi connectivity index (χ4n) is 1.23. The van der Waals surface area contributed by atoms with Gasteiger partial charge < -0.3 is 10.9 Å². The van der Waals surface area contributed by atoms with Crippen LogP contribution in [0, 0.1) is 5.92 Å². The number of amidine groups is 1. The van der Waals surface area contributed by atoms with Gasteiger partial charge in [0, 0.05) is 18.5 Å². The third-order valence-electron chi connectivity index (χ3n) is 2.24. The maximum absolute atomic E-state index is 12.2. The van der Waals surface area contributed by atoms with Crippen LogP contribution in [0.3, 0.4) is 0 Å². The highest BCUT2D eigenvalue weighted by atomic mass is 19.4. The summed E-state index contributed by atoms with van der Waals surface area (Å²) in [5.74, 6) is -0.484. The average molecular weight is 241 g/mol. The first-order valence-electron chi connectivity index (χ1n) is 4.95. The SMILES string of the molecule is CC(CN(CC(F)(F)F)C(C)C)C(N)=NO. The standard InChI is InChI=1S/C9H18F3N3O/c1-6(2)15(5-9(10,11)12)4-7(3)8(13)14-16/h6-7,16H,4-5H2,1-3H3,(H2,13,14). The summed E-state index contributed by atoms with van der Waals surface area (Å²) in [5.41, 5.74) is 5.32. The predicted octanol–water partition coefficient (Wildman–Crippen LogP) is 1.64. The van der Waals surface area contributed by atoms with Crippen molar-refractivity contribution in [2.75, 3.05) is 13.1 Å². The minimum Gasteiger partial charge on any atom is -0.409 e. The van der Waals surface area contributed by atoms with Gasteiger partial charge in [-0.2, -0.15) is 13.2 Å². The van der Waals surface area contributed by atoms with E-state index in [2.05, 4.69) is 5.16 Å². The van der Waals surface area contributed by atoms with Crippen LogP contribution in [0.2, 0.25) is 0 Å². The molecule has 0 aromatic heterocycles. The second-order valence-electron chi connectivity index (χ2n) is 4.06. The van der Waals surface area contributed by atoms with Crippen molar-refractivity contribution in [2.24, 2.45) is 16.8 Å². The van der Waals surface area contributed by atoms with Gasteiger partial charge in [-0.25, -0.2) is 0 Å². The lowest BCUT2D eigenvalue weighted by Gasteiger charge is -2.29. The molecule has 0 spiro atoms. The lowest BCUT2D eigenvalue weighted by atomic mass is 10.1. The lowest BCUT2D eigenvalue weighted by molar-refractivity contribution is -0.150. The normalized spacial score (nSPS) is 15.9. The van der Waals surface area contributed by atoms with E-state index in [0.717, 1.165) is 0 Å². The van der Waals surface area contributed by atoms with Gasteiger partial charge in [0.05, 0.1) is 6.54 Å². The third-order valence-corrected chi connectivity index (χ3v) is 2.24. The maximum Gasteiger partial charge on any atom is 0.401 e. The van der Waals surface area contributed by atoms with Gasteiger partial charge >= 0.3 is 6.18 Å². The zero-order valence-electron chi connectivity index (χ0n) is 9.62. The number of hydrogen-bond donors (Lipinski definition) is 2. The highest BCUT2D eigenvalue weighted by Gasteiger charge is 2.32. The molecule has 0 heterocycles. The quantitative estimate of drug-likeness (QED) is 0.333. The fraction of sp³-hybridized carbons (Fsp3) is 0.889.